The van der Waals surface area contributed by atoms with E-state index in [-0.39, 0.29) is 18.0 Å². The summed E-state index contributed by atoms with van der Waals surface area (Å²) in [5.41, 5.74) is -0.390. The van der Waals surface area contributed by atoms with Gasteiger partial charge in [-0.3, -0.25) is 10.1 Å². The molecule has 0 bridgehead atoms. The third kappa shape index (κ3) is 3.20. The molecule has 0 aliphatic rings. The second-order valence-corrected chi connectivity index (χ2v) is 3.09. The van der Waals surface area contributed by atoms with E-state index < -0.39 is 10.7 Å². The number of allylic oxidation sites excluding steroid dienone is 1. The average Bonchev–Trinajstić information content (AvgIpc) is 2.25. The molecule has 1 aromatic carbocycles. The number of hydrogen-bond donors (Lipinski definition) is 0. The highest BCUT2D eigenvalue weighted by molar-refractivity contribution is 6.18. The van der Waals surface area contributed by atoms with Gasteiger partial charge in [-0.05, 0) is 6.07 Å². The molecule has 0 aromatic heterocycles. The van der Waals surface area contributed by atoms with Crippen molar-refractivity contribution in [1.82, 2.24) is 0 Å². The van der Waals surface area contributed by atoms with Crippen molar-refractivity contribution < 1.29 is 14.1 Å². The highest BCUT2D eigenvalue weighted by Crippen LogP contribution is 2.29. The molecule has 1 rings (SSSR count). The van der Waals surface area contributed by atoms with Gasteiger partial charge >= 0.3 is 5.69 Å². The zero-order chi connectivity index (χ0) is 12.0. The van der Waals surface area contributed by atoms with E-state index in [2.05, 4.69) is 0 Å². The summed E-state index contributed by atoms with van der Waals surface area (Å²) in [5.74, 6) is -0.803. The molecule has 6 heteroatoms. The Morgan fingerprint density at radius 2 is 2.25 bits per heavy atom. The smallest absolute Gasteiger partial charge is 0.314 e. The predicted molar refractivity (Wildman–Crippen MR) is 58.4 cm³/mol. The molecule has 1 aromatic rings. The molecule has 0 fully saturated rings. The number of alkyl halides is 1. The van der Waals surface area contributed by atoms with Crippen LogP contribution < -0.4 is 4.74 Å². The van der Waals surface area contributed by atoms with E-state index in [4.69, 9.17) is 16.3 Å². The molecule has 0 aliphatic carbocycles. The molecule has 0 radical (unpaired) electrons. The number of para-hydroxylation sites is 1. The minimum Gasteiger partial charge on any atom is -0.481 e. The summed E-state index contributed by atoms with van der Waals surface area (Å²) in [6.45, 7) is 0.0362. The van der Waals surface area contributed by atoms with Crippen molar-refractivity contribution in [2.75, 3.05) is 12.5 Å². The van der Waals surface area contributed by atoms with Gasteiger partial charge in [0.05, 0.1) is 4.92 Å². The van der Waals surface area contributed by atoms with Crippen LogP contribution in [0.1, 0.15) is 0 Å². The van der Waals surface area contributed by atoms with E-state index in [1.54, 1.807) is 12.2 Å². The Labute approximate surface area is 96.4 Å². The Morgan fingerprint density at radius 3 is 2.88 bits per heavy atom. The normalized spacial score (nSPS) is 10.6. The summed E-state index contributed by atoms with van der Waals surface area (Å²) in [6.07, 6.45) is 3.16. The van der Waals surface area contributed by atoms with Crippen molar-refractivity contribution in [3.8, 4) is 5.75 Å². The lowest BCUT2D eigenvalue weighted by Crippen LogP contribution is -2.00. The highest BCUT2D eigenvalue weighted by Gasteiger charge is 2.18. The molecule has 0 amide bonds. The van der Waals surface area contributed by atoms with Gasteiger partial charge in [0.15, 0.2) is 5.82 Å². The van der Waals surface area contributed by atoms with E-state index in [0.717, 1.165) is 6.07 Å². The number of nitro benzene ring substituents is 1. The van der Waals surface area contributed by atoms with E-state index in [0.29, 0.717) is 5.88 Å². The van der Waals surface area contributed by atoms with Crippen LogP contribution in [0.15, 0.2) is 30.4 Å². The quantitative estimate of drug-likeness (QED) is 0.347. The number of benzene rings is 1. The SMILES string of the molecule is O=[N+]([O-])c1cccc(F)c1OC/C=C/CCl. The molecule has 0 heterocycles. The van der Waals surface area contributed by atoms with Crippen molar-refractivity contribution in [3.05, 3.63) is 46.3 Å². The molecule has 86 valence electrons. The molecule has 0 aliphatic heterocycles. The van der Waals surface area contributed by atoms with Gasteiger partial charge in [-0.25, -0.2) is 4.39 Å². The summed E-state index contributed by atoms with van der Waals surface area (Å²) in [4.78, 5) is 9.89. The lowest BCUT2D eigenvalue weighted by atomic mass is 10.3. The van der Waals surface area contributed by atoms with E-state index in [1.165, 1.54) is 12.1 Å². The minimum atomic E-state index is -0.756. The molecular weight excluding hydrogens is 237 g/mol. The molecule has 0 atom stereocenters. The number of nitro groups is 1. The summed E-state index contributed by atoms with van der Waals surface area (Å²) in [7, 11) is 0. The van der Waals surface area contributed by atoms with Gasteiger partial charge in [-0.1, -0.05) is 18.2 Å². The molecule has 16 heavy (non-hydrogen) atoms. The summed E-state index contributed by atoms with van der Waals surface area (Å²) >= 11 is 5.37. The number of nitrogens with zero attached hydrogens (tertiary/aromatic N) is 1. The third-order valence-electron chi connectivity index (χ3n) is 1.72. The van der Waals surface area contributed by atoms with Crippen LogP contribution in [0.2, 0.25) is 0 Å². The summed E-state index contributed by atoms with van der Waals surface area (Å²) in [5, 5.41) is 10.6. The number of hydrogen-bond acceptors (Lipinski definition) is 3. The summed E-state index contributed by atoms with van der Waals surface area (Å²) in [6, 6.07) is 3.55. The lowest BCUT2D eigenvalue weighted by Gasteiger charge is -2.04. The Balaban J connectivity index is 2.84. The molecule has 0 N–H and O–H groups in total. The Hall–Kier alpha value is -1.62. The van der Waals surface area contributed by atoms with Crippen LogP contribution in [-0.2, 0) is 0 Å². The number of halogens is 2. The Bertz CT molecular complexity index is 409. The van der Waals surface area contributed by atoms with Crippen molar-refractivity contribution in [2.24, 2.45) is 0 Å². The second kappa shape index (κ2) is 6.07. The molecule has 0 saturated heterocycles. The minimum absolute atomic E-state index is 0.0362. The maximum atomic E-state index is 13.2. The predicted octanol–water partition coefficient (Wildman–Crippen LogP) is 2.91. The fraction of sp³-hybridized carbons (Fsp3) is 0.200. The maximum absolute atomic E-state index is 13.2. The standard InChI is InChI=1S/C10H9ClFNO3/c11-6-1-2-7-16-10-8(12)4-3-5-9(10)13(14)15/h1-5H,6-7H2/b2-1+. The van der Waals surface area contributed by atoms with Crippen molar-refractivity contribution in [2.45, 2.75) is 0 Å². The Kier molecular flexibility index (Phi) is 4.72. The molecular formula is C10H9ClFNO3. The lowest BCUT2D eigenvalue weighted by molar-refractivity contribution is -0.386. The van der Waals surface area contributed by atoms with Gasteiger partial charge in [0.1, 0.15) is 6.61 Å². The van der Waals surface area contributed by atoms with E-state index in [1.807, 2.05) is 0 Å². The maximum Gasteiger partial charge on any atom is 0.314 e. The van der Waals surface area contributed by atoms with Crippen molar-refractivity contribution in [1.29, 1.82) is 0 Å². The van der Waals surface area contributed by atoms with Gasteiger partial charge < -0.3 is 4.74 Å². The fourth-order valence-corrected chi connectivity index (χ4v) is 1.17. The largest absolute Gasteiger partial charge is 0.481 e. The van der Waals surface area contributed by atoms with Crippen LogP contribution in [0.5, 0.6) is 5.75 Å². The van der Waals surface area contributed by atoms with Crippen LogP contribution in [-0.4, -0.2) is 17.4 Å². The van der Waals surface area contributed by atoms with Gasteiger partial charge in [0.2, 0.25) is 5.75 Å². The molecule has 0 unspecified atom stereocenters. The highest BCUT2D eigenvalue weighted by atomic mass is 35.5. The number of rotatable bonds is 5. The van der Waals surface area contributed by atoms with Crippen LogP contribution in [0.4, 0.5) is 10.1 Å². The van der Waals surface area contributed by atoms with Gasteiger partial charge in [-0.2, -0.15) is 0 Å². The second-order valence-electron chi connectivity index (χ2n) is 2.78. The third-order valence-corrected chi connectivity index (χ3v) is 1.90. The summed E-state index contributed by atoms with van der Waals surface area (Å²) < 4.78 is 18.2. The monoisotopic (exact) mass is 245 g/mol. The van der Waals surface area contributed by atoms with E-state index in [9.17, 15) is 14.5 Å². The first-order valence-electron chi connectivity index (χ1n) is 4.43. The zero-order valence-corrected chi connectivity index (χ0v) is 8.98. The molecule has 4 nitrogen and oxygen atoms in total. The van der Waals surface area contributed by atoms with Crippen LogP contribution in [0, 0.1) is 15.9 Å². The molecule has 0 saturated carbocycles. The topological polar surface area (TPSA) is 52.4 Å². The zero-order valence-electron chi connectivity index (χ0n) is 8.23. The van der Waals surface area contributed by atoms with Crippen molar-refractivity contribution >= 4 is 17.3 Å². The van der Waals surface area contributed by atoms with Gasteiger partial charge in [0, 0.05) is 11.9 Å². The fourth-order valence-electron chi connectivity index (χ4n) is 1.05. The first kappa shape index (κ1) is 12.4. The van der Waals surface area contributed by atoms with E-state index >= 15 is 0 Å². The van der Waals surface area contributed by atoms with Gasteiger partial charge in [0.25, 0.3) is 0 Å². The average molecular weight is 246 g/mol. The Morgan fingerprint density at radius 1 is 1.50 bits per heavy atom. The van der Waals surface area contributed by atoms with Gasteiger partial charge in [-0.15, -0.1) is 11.6 Å². The molecule has 0 spiro atoms. The first-order chi connectivity index (χ1) is 7.66. The van der Waals surface area contributed by atoms with Crippen LogP contribution in [0.3, 0.4) is 0 Å². The first-order valence-corrected chi connectivity index (χ1v) is 4.97. The van der Waals surface area contributed by atoms with Crippen LogP contribution >= 0.6 is 11.6 Å². The number of ether oxygens (including phenoxy) is 1. The van der Waals surface area contributed by atoms with Crippen LogP contribution in [0.25, 0.3) is 0 Å². The van der Waals surface area contributed by atoms with Crippen molar-refractivity contribution in [3.63, 3.8) is 0 Å².